The minimum Gasteiger partial charge on any atom is -0.465 e. The molecule has 2 unspecified atom stereocenters. The molecule has 0 bridgehead atoms. The Kier molecular flexibility index (Phi) is 7.19. The SMILES string of the molecule is CCOC(=O)C(CCc1ccccc1)NC(C)CC. The van der Waals surface area contributed by atoms with Crippen LogP contribution < -0.4 is 5.32 Å². The van der Waals surface area contributed by atoms with Crippen molar-refractivity contribution >= 4 is 5.97 Å². The van der Waals surface area contributed by atoms with Crippen molar-refractivity contribution < 1.29 is 9.53 Å². The standard InChI is InChI=1S/C16H25NO2/c1-4-13(3)17-15(16(18)19-5-2)12-11-14-9-7-6-8-10-14/h6-10,13,15,17H,4-5,11-12H2,1-3H3. The minimum atomic E-state index is -0.213. The smallest absolute Gasteiger partial charge is 0.323 e. The summed E-state index contributed by atoms with van der Waals surface area (Å²) in [6.07, 6.45) is 2.65. The highest BCUT2D eigenvalue weighted by Crippen LogP contribution is 2.07. The maximum absolute atomic E-state index is 11.9. The summed E-state index contributed by atoms with van der Waals surface area (Å²) in [7, 11) is 0. The highest BCUT2D eigenvalue weighted by atomic mass is 16.5. The highest BCUT2D eigenvalue weighted by molar-refractivity contribution is 5.75. The average Bonchev–Trinajstić information content (AvgIpc) is 2.44. The van der Waals surface area contributed by atoms with Crippen LogP contribution in [0.1, 0.15) is 39.2 Å². The Labute approximate surface area is 116 Å². The first-order valence-electron chi connectivity index (χ1n) is 7.14. The first-order chi connectivity index (χ1) is 9.17. The molecule has 0 aliphatic carbocycles. The van der Waals surface area contributed by atoms with Gasteiger partial charge in [0.25, 0.3) is 0 Å². The summed E-state index contributed by atoms with van der Waals surface area (Å²) in [6, 6.07) is 10.3. The number of carbonyl (C=O) groups is 1. The third kappa shape index (κ3) is 5.88. The molecule has 1 aromatic carbocycles. The van der Waals surface area contributed by atoms with Gasteiger partial charge in [-0.3, -0.25) is 4.79 Å². The number of nitrogens with one attached hydrogen (secondary N) is 1. The van der Waals surface area contributed by atoms with E-state index in [0.29, 0.717) is 12.6 Å². The van der Waals surface area contributed by atoms with E-state index in [-0.39, 0.29) is 12.0 Å². The van der Waals surface area contributed by atoms with Crippen LogP contribution in [0.25, 0.3) is 0 Å². The summed E-state index contributed by atoms with van der Waals surface area (Å²) in [5.41, 5.74) is 1.25. The van der Waals surface area contributed by atoms with Crippen LogP contribution in [0.15, 0.2) is 30.3 Å². The third-order valence-electron chi connectivity index (χ3n) is 3.23. The summed E-state index contributed by atoms with van der Waals surface area (Å²) in [6.45, 7) is 6.48. The third-order valence-corrected chi connectivity index (χ3v) is 3.23. The van der Waals surface area contributed by atoms with Gasteiger partial charge in [-0.05, 0) is 38.7 Å². The fourth-order valence-electron chi connectivity index (χ4n) is 1.93. The summed E-state index contributed by atoms with van der Waals surface area (Å²) < 4.78 is 5.14. The van der Waals surface area contributed by atoms with E-state index >= 15 is 0 Å². The number of esters is 1. The molecule has 106 valence electrons. The van der Waals surface area contributed by atoms with Crippen LogP contribution in [-0.4, -0.2) is 24.7 Å². The first-order valence-corrected chi connectivity index (χ1v) is 7.14. The molecule has 1 aromatic rings. The van der Waals surface area contributed by atoms with Crippen molar-refractivity contribution in [2.24, 2.45) is 0 Å². The van der Waals surface area contributed by atoms with Gasteiger partial charge in [0.1, 0.15) is 6.04 Å². The largest absolute Gasteiger partial charge is 0.465 e. The van der Waals surface area contributed by atoms with E-state index in [1.54, 1.807) is 0 Å². The van der Waals surface area contributed by atoms with Crippen molar-refractivity contribution in [3.8, 4) is 0 Å². The summed E-state index contributed by atoms with van der Waals surface area (Å²) >= 11 is 0. The van der Waals surface area contributed by atoms with Crippen molar-refractivity contribution in [3.63, 3.8) is 0 Å². The Morgan fingerprint density at radius 3 is 2.53 bits per heavy atom. The van der Waals surface area contributed by atoms with Gasteiger partial charge in [-0.25, -0.2) is 0 Å². The topological polar surface area (TPSA) is 38.3 Å². The molecule has 19 heavy (non-hydrogen) atoms. The number of ether oxygens (including phenoxy) is 1. The van der Waals surface area contributed by atoms with Crippen LogP contribution in [0.2, 0.25) is 0 Å². The molecule has 1 N–H and O–H groups in total. The Morgan fingerprint density at radius 1 is 1.26 bits per heavy atom. The Hall–Kier alpha value is -1.35. The Morgan fingerprint density at radius 2 is 1.95 bits per heavy atom. The van der Waals surface area contributed by atoms with E-state index in [0.717, 1.165) is 19.3 Å². The van der Waals surface area contributed by atoms with Crippen LogP contribution in [0.3, 0.4) is 0 Å². The van der Waals surface area contributed by atoms with Gasteiger partial charge in [-0.1, -0.05) is 37.3 Å². The molecule has 0 fully saturated rings. The maximum atomic E-state index is 11.9. The molecular weight excluding hydrogens is 238 g/mol. The molecule has 0 radical (unpaired) electrons. The molecule has 0 aliphatic heterocycles. The van der Waals surface area contributed by atoms with Gasteiger partial charge < -0.3 is 10.1 Å². The normalized spacial score (nSPS) is 13.8. The second-order valence-electron chi connectivity index (χ2n) is 4.80. The minimum absolute atomic E-state index is 0.140. The van der Waals surface area contributed by atoms with Gasteiger partial charge in [0.15, 0.2) is 0 Å². The summed E-state index contributed by atoms with van der Waals surface area (Å²) in [4.78, 5) is 11.9. The second-order valence-corrected chi connectivity index (χ2v) is 4.80. The zero-order chi connectivity index (χ0) is 14.1. The summed E-state index contributed by atoms with van der Waals surface area (Å²) in [5.74, 6) is -0.140. The lowest BCUT2D eigenvalue weighted by molar-refractivity contribution is -0.146. The second kappa shape index (κ2) is 8.70. The monoisotopic (exact) mass is 263 g/mol. The molecule has 0 saturated heterocycles. The van der Waals surface area contributed by atoms with Crippen LogP contribution in [0.4, 0.5) is 0 Å². The van der Waals surface area contributed by atoms with Crippen molar-refractivity contribution in [2.45, 2.75) is 52.1 Å². The number of aryl methyl sites for hydroxylation is 1. The maximum Gasteiger partial charge on any atom is 0.323 e. The molecule has 0 heterocycles. The number of benzene rings is 1. The lowest BCUT2D eigenvalue weighted by Gasteiger charge is -2.21. The van der Waals surface area contributed by atoms with Crippen molar-refractivity contribution in [1.29, 1.82) is 0 Å². The van der Waals surface area contributed by atoms with E-state index < -0.39 is 0 Å². The molecule has 0 aromatic heterocycles. The molecule has 0 saturated carbocycles. The van der Waals surface area contributed by atoms with Crippen molar-refractivity contribution in [2.75, 3.05) is 6.61 Å². The number of carbonyl (C=O) groups excluding carboxylic acids is 1. The van der Waals surface area contributed by atoms with E-state index in [9.17, 15) is 4.79 Å². The molecule has 0 amide bonds. The summed E-state index contributed by atoms with van der Waals surface area (Å²) in [5, 5.41) is 3.35. The van der Waals surface area contributed by atoms with E-state index in [1.165, 1.54) is 5.56 Å². The average molecular weight is 263 g/mol. The molecule has 2 atom stereocenters. The molecule has 3 heteroatoms. The van der Waals surface area contributed by atoms with E-state index in [2.05, 4.69) is 31.3 Å². The number of hydrogen-bond acceptors (Lipinski definition) is 3. The number of rotatable bonds is 8. The fraction of sp³-hybridized carbons (Fsp3) is 0.562. The molecule has 0 spiro atoms. The lowest BCUT2D eigenvalue weighted by Crippen LogP contribution is -2.43. The lowest BCUT2D eigenvalue weighted by atomic mass is 10.0. The van der Waals surface area contributed by atoms with Crippen LogP contribution in [0, 0.1) is 0 Å². The van der Waals surface area contributed by atoms with Crippen molar-refractivity contribution in [3.05, 3.63) is 35.9 Å². The Balaban J connectivity index is 2.55. The highest BCUT2D eigenvalue weighted by Gasteiger charge is 2.20. The van der Waals surface area contributed by atoms with Gasteiger partial charge in [-0.15, -0.1) is 0 Å². The molecular formula is C16H25NO2. The van der Waals surface area contributed by atoms with E-state index in [4.69, 9.17) is 4.74 Å². The molecule has 1 rings (SSSR count). The Bertz CT molecular complexity index is 364. The predicted molar refractivity (Wildman–Crippen MR) is 78.1 cm³/mol. The van der Waals surface area contributed by atoms with Gasteiger partial charge in [0.05, 0.1) is 6.61 Å². The van der Waals surface area contributed by atoms with Gasteiger partial charge in [0, 0.05) is 6.04 Å². The predicted octanol–water partition coefficient (Wildman–Crippen LogP) is 2.94. The zero-order valence-corrected chi connectivity index (χ0v) is 12.2. The van der Waals surface area contributed by atoms with E-state index in [1.807, 2.05) is 25.1 Å². The fourth-order valence-corrected chi connectivity index (χ4v) is 1.93. The van der Waals surface area contributed by atoms with Gasteiger partial charge in [-0.2, -0.15) is 0 Å². The number of hydrogen-bond donors (Lipinski definition) is 1. The van der Waals surface area contributed by atoms with Gasteiger partial charge in [0.2, 0.25) is 0 Å². The van der Waals surface area contributed by atoms with Crippen LogP contribution in [-0.2, 0) is 16.0 Å². The first kappa shape index (κ1) is 15.7. The van der Waals surface area contributed by atoms with Crippen LogP contribution >= 0.6 is 0 Å². The zero-order valence-electron chi connectivity index (χ0n) is 12.2. The quantitative estimate of drug-likeness (QED) is 0.733. The van der Waals surface area contributed by atoms with Crippen LogP contribution in [0.5, 0.6) is 0 Å². The van der Waals surface area contributed by atoms with Crippen molar-refractivity contribution in [1.82, 2.24) is 5.32 Å². The molecule has 3 nitrogen and oxygen atoms in total. The van der Waals surface area contributed by atoms with Gasteiger partial charge >= 0.3 is 5.97 Å². The molecule has 0 aliphatic rings.